The van der Waals surface area contributed by atoms with Crippen LogP contribution in [0.1, 0.15) is 25.0 Å². The zero-order valence-corrected chi connectivity index (χ0v) is 24.1. The number of rotatable bonds is 4. The number of benzene rings is 6. The Kier molecular flexibility index (Phi) is 5.80. The van der Waals surface area contributed by atoms with Crippen LogP contribution < -0.4 is 0 Å². The van der Waals surface area contributed by atoms with E-state index in [4.69, 9.17) is 15.0 Å². The maximum absolute atomic E-state index is 5.05. The molecule has 0 amide bonds. The van der Waals surface area contributed by atoms with Gasteiger partial charge in [-0.25, -0.2) is 15.0 Å². The summed E-state index contributed by atoms with van der Waals surface area (Å²) in [5.74, 6) is 2.01. The second-order valence-corrected chi connectivity index (χ2v) is 11.7. The Bertz CT molecular complexity index is 2140. The average Bonchev–Trinajstić information content (AvgIpc) is 3.30. The molecule has 0 N–H and O–H groups in total. The third-order valence-corrected chi connectivity index (χ3v) is 8.75. The van der Waals surface area contributed by atoms with Gasteiger partial charge in [-0.15, -0.1) is 0 Å². The van der Waals surface area contributed by atoms with Crippen molar-refractivity contribution in [3.8, 4) is 56.4 Å². The molecular weight excluding hydrogens is 522 g/mol. The Hall–Kier alpha value is -5.41. The number of aromatic nitrogens is 3. The summed E-state index contributed by atoms with van der Waals surface area (Å²) in [6.45, 7) is 4.60. The van der Waals surface area contributed by atoms with Gasteiger partial charge in [-0.05, 0) is 50.2 Å². The number of fused-ring (bicyclic) bond motifs is 4. The molecule has 3 nitrogen and oxygen atoms in total. The Morgan fingerprint density at radius 3 is 1.72 bits per heavy atom. The van der Waals surface area contributed by atoms with Gasteiger partial charge >= 0.3 is 0 Å². The van der Waals surface area contributed by atoms with E-state index in [0.29, 0.717) is 17.5 Å². The predicted molar refractivity (Wildman–Crippen MR) is 177 cm³/mol. The molecule has 1 heterocycles. The molecule has 0 bridgehead atoms. The number of nitrogens with zero attached hydrogens (tertiary/aromatic N) is 3. The first-order valence-corrected chi connectivity index (χ1v) is 14.7. The minimum Gasteiger partial charge on any atom is -0.208 e. The van der Waals surface area contributed by atoms with Crippen molar-refractivity contribution in [1.29, 1.82) is 0 Å². The summed E-state index contributed by atoms with van der Waals surface area (Å²) < 4.78 is 0. The van der Waals surface area contributed by atoms with Gasteiger partial charge in [0.1, 0.15) is 0 Å². The normalized spacial score (nSPS) is 13.1. The van der Waals surface area contributed by atoms with Gasteiger partial charge in [0.25, 0.3) is 0 Å². The highest BCUT2D eigenvalue weighted by atomic mass is 15.0. The molecule has 0 unspecified atom stereocenters. The molecule has 8 rings (SSSR count). The van der Waals surface area contributed by atoms with Gasteiger partial charge in [-0.3, -0.25) is 0 Å². The van der Waals surface area contributed by atoms with Gasteiger partial charge in [0.15, 0.2) is 17.5 Å². The van der Waals surface area contributed by atoms with E-state index in [0.717, 1.165) is 16.7 Å². The monoisotopic (exact) mass is 551 g/mol. The lowest BCUT2D eigenvalue weighted by Crippen LogP contribution is -2.15. The zero-order chi connectivity index (χ0) is 29.0. The third-order valence-electron chi connectivity index (χ3n) is 8.75. The molecule has 7 aromatic rings. The van der Waals surface area contributed by atoms with Crippen LogP contribution in [0.25, 0.3) is 67.2 Å². The summed E-state index contributed by atoms with van der Waals surface area (Å²) >= 11 is 0. The van der Waals surface area contributed by atoms with E-state index in [1.54, 1.807) is 0 Å². The molecule has 1 aromatic heterocycles. The first-order chi connectivity index (χ1) is 21.1. The highest BCUT2D eigenvalue weighted by Gasteiger charge is 2.35. The average molecular weight is 552 g/mol. The molecule has 43 heavy (non-hydrogen) atoms. The van der Waals surface area contributed by atoms with E-state index in [9.17, 15) is 0 Å². The minimum absolute atomic E-state index is 0.0997. The largest absolute Gasteiger partial charge is 0.208 e. The second kappa shape index (κ2) is 9.85. The molecule has 0 spiro atoms. The van der Waals surface area contributed by atoms with Crippen LogP contribution in [-0.4, -0.2) is 15.0 Å². The van der Waals surface area contributed by atoms with Crippen LogP contribution in [0.5, 0.6) is 0 Å². The molecule has 204 valence electrons. The molecule has 0 atom stereocenters. The van der Waals surface area contributed by atoms with Crippen molar-refractivity contribution in [2.45, 2.75) is 19.3 Å². The summed E-state index contributed by atoms with van der Waals surface area (Å²) in [5, 5.41) is 2.48. The summed E-state index contributed by atoms with van der Waals surface area (Å²) in [6.07, 6.45) is 0. The van der Waals surface area contributed by atoms with Crippen molar-refractivity contribution in [3.63, 3.8) is 0 Å². The summed E-state index contributed by atoms with van der Waals surface area (Å²) in [4.78, 5) is 15.0. The van der Waals surface area contributed by atoms with Gasteiger partial charge < -0.3 is 0 Å². The van der Waals surface area contributed by atoms with Crippen LogP contribution in [0.2, 0.25) is 0 Å². The van der Waals surface area contributed by atoms with Gasteiger partial charge in [-0.2, -0.15) is 0 Å². The Labute approximate surface area is 251 Å². The topological polar surface area (TPSA) is 38.7 Å². The third kappa shape index (κ3) is 4.24. The molecular formula is C40H29N3. The van der Waals surface area contributed by atoms with E-state index in [2.05, 4.69) is 135 Å². The maximum atomic E-state index is 5.05. The van der Waals surface area contributed by atoms with Crippen molar-refractivity contribution < 1.29 is 0 Å². The van der Waals surface area contributed by atoms with Crippen LogP contribution >= 0.6 is 0 Å². The molecule has 0 saturated carbocycles. The van der Waals surface area contributed by atoms with Gasteiger partial charge in [0.05, 0.1) is 0 Å². The van der Waals surface area contributed by atoms with E-state index >= 15 is 0 Å². The SMILES string of the molecule is CC1(C)c2ccccc2-c2ccc(-c3nc(-c4ccccc4)nc(-c4ccc(-c5cccc6ccccc56)cc4)n3)cc21. The molecule has 0 radical (unpaired) electrons. The van der Waals surface area contributed by atoms with Crippen molar-refractivity contribution in [3.05, 3.63) is 151 Å². The molecule has 1 aliphatic carbocycles. The fourth-order valence-corrected chi connectivity index (χ4v) is 6.47. The predicted octanol–water partition coefficient (Wildman–Crippen LogP) is 10.00. The van der Waals surface area contributed by atoms with Crippen LogP contribution in [0.15, 0.2) is 140 Å². The van der Waals surface area contributed by atoms with Crippen LogP contribution in [0.3, 0.4) is 0 Å². The highest BCUT2D eigenvalue weighted by molar-refractivity contribution is 5.96. The van der Waals surface area contributed by atoms with Crippen molar-refractivity contribution in [2.24, 2.45) is 0 Å². The van der Waals surface area contributed by atoms with E-state index in [-0.39, 0.29) is 5.41 Å². The molecule has 1 aliphatic rings. The number of hydrogen-bond donors (Lipinski definition) is 0. The first kappa shape index (κ1) is 25.3. The fraction of sp³-hybridized carbons (Fsp3) is 0.0750. The first-order valence-electron chi connectivity index (χ1n) is 14.7. The van der Waals surface area contributed by atoms with Crippen molar-refractivity contribution in [2.75, 3.05) is 0 Å². The lowest BCUT2D eigenvalue weighted by molar-refractivity contribution is 0.660. The zero-order valence-electron chi connectivity index (χ0n) is 24.1. The molecule has 0 saturated heterocycles. The Balaban J connectivity index is 1.24. The van der Waals surface area contributed by atoms with Gasteiger partial charge in [0.2, 0.25) is 0 Å². The fourth-order valence-electron chi connectivity index (χ4n) is 6.47. The lowest BCUT2D eigenvalue weighted by Gasteiger charge is -2.21. The van der Waals surface area contributed by atoms with E-state index < -0.39 is 0 Å². The molecule has 6 aromatic carbocycles. The second-order valence-electron chi connectivity index (χ2n) is 11.7. The Morgan fingerprint density at radius 2 is 0.930 bits per heavy atom. The highest BCUT2D eigenvalue weighted by Crippen LogP contribution is 2.49. The maximum Gasteiger partial charge on any atom is 0.164 e. The smallest absolute Gasteiger partial charge is 0.164 e. The summed E-state index contributed by atoms with van der Waals surface area (Å²) in [7, 11) is 0. The van der Waals surface area contributed by atoms with Crippen LogP contribution in [0, 0.1) is 0 Å². The van der Waals surface area contributed by atoms with Crippen molar-refractivity contribution >= 4 is 10.8 Å². The number of hydrogen-bond acceptors (Lipinski definition) is 3. The summed E-state index contributed by atoms with van der Waals surface area (Å²) in [6, 6.07) is 49.0. The minimum atomic E-state index is -0.0997. The van der Waals surface area contributed by atoms with E-state index in [1.807, 2.05) is 18.2 Å². The molecule has 0 aliphatic heterocycles. The molecule has 0 fully saturated rings. The lowest BCUT2D eigenvalue weighted by atomic mass is 9.82. The van der Waals surface area contributed by atoms with Crippen LogP contribution in [-0.2, 0) is 5.41 Å². The standard InChI is InChI=1S/C40H29N3/c1-40(2)35-18-9-8-16-33(35)34-24-23-30(25-36(34)40)39-42-37(28-12-4-3-5-13-28)41-38(43-39)29-21-19-27(20-22-29)32-17-10-14-26-11-6-7-15-31(26)32/h3-25H,1-2H3. The van der Waals surface area contributed by atoms with Gasteiger partial charge in [0, 0.05) is 22.1 Å². The molecule has 3 heteroatoms. The Morgan fingerprint density at radius 1 is 0.395 bits per heavy atom. The quantitative estimate of drug-likeness (QED) is 0.218. The summed E-state index contributed by atoms with van der Waals surface area (Å²) in [5.41, 5.74) is 10.4. The van der Waals surface area contributed by atoms with E-state index in [1.165, 1.54) is 44.2 Å². The van der Waals surface area contributed by atoms with Crippen LogP contribution in [0.4, 0.5) is 0 Å². The van der Waals surface area contributed by atoms with Gasteiger partial charge in [-0.1, -0.05) is 147 Å². The van der Waals surface area contributed by atoms with Crippen molar-refractivity contribution in [1.82, 2.24) is 15.0 Å².